The van der Waals surface area contributed by atoms with Gasteiger partial charge < -0.3 is 4.74 Å². The first kappa shape index (κ1) is 9.71. The first-order valence-electron chi connectivity index (χ1n) is 4.74. The van der Waals surface area contributed by atoms with Gasteiger partial charge in [-0.2, -0.15) is 0 Å². The molecule has 1 aliphatic rings. The average molecular weight is 205 g/mol. The molecule has 4 heteroatoms. The summed E-state index contributed by atoms with van der Waals surface area (Å²) in [6.07, 6.45) is -0.559. The third-order valence-corrected chi connectivity index (χ3v) is 2.32. The van der Waals surface area contributed by atoms with Gasteiger partial charge in [0, 0.05) is 0 Å². The van der Waals surface area contributed by atoms with Crippen molar-refractivity contribution in [1.29, 1.82) is 0 Å². The predicted molar refractivity (Wildman–Crippen MR) is 52.9 cm³/mol. The number of hydrogen-bond acceptors (Lipinski definition) is 3. The molecule has 2 amide bonds. The van der Waals surface area contributed by atoms with Crippen LogP contribution in [0.2, 0.25) is 0 Å². The molecule has 0 N–H and O–H groups in total. The van der Waals surface area contributed by atoms with Crippen LogP contribution < -0.4 is 0 Å². The maximum Gasteiger partial charge on any atom is 0.417 e. The summed E-state index contributed by atoms with van der Waals surface area (Å²) < 4.78 is 4.96. The lowest BCUT2D eigenvalue weighted by molar-refractivity contribution is -0.113. The van der Waals surface area contributed by atoms with Crippen molar-refractivity contribution in [3.05, 3.63) is 35.9 Å². The number of benzene rings is 1. The van der Waals surface area contributed by atoms with E-state index in [0.717, 1.165) is 10.5 Å². The zero-order valence-electron chi connectivity index (χ0n) is 8.34. The van der Waals surface area contributed by atoms with Crippen LogP contribution in [0.4, 0.5) is 4.79 Å². The minimum atomic E-state index is -0.559. The van der Waals surface area contributed by atoms with E-state index in [-0.39, 0.29) is 18.6 Å². The van der Waals surface area contributed by atoms with Crippen LogP contribution in [0.15, 0.2) is 30.3 Å². The van der Waals surface area contributed by atoms with Crippen molar-refractivity contribution in [2.45, 2.75) is 19.6 Å². The summed E-state index contributed by atoms with van der Waals surface area (Å²) in [5.41, 5.74) is 0.910. The second kappa shape index (κ2) is 3.73. The lowest BCUT2D eigenvalue weighted by atomic mass is 10.2. The van der Waals surface area contributed by atoms with E-state index in [0.29, 0.717) is 0 Å². The minimum Gasteiger partial charge on any atom is -0.444 e. The van der Waals surface area contributed by atoms with Gasteiger partial charge in [0.1, 0.15) is 12.6 Å². The Balaban J connectivity index is 1.85. The molecule has 1 fully saturated rings. The summed E-state index contributed by atoms with van der Waals surface area (Å²) in [4.78, 5) is 23.3. The van der Waals surface area contributed by atoms with Gasteiger partial charge in [-0.3, -0.25) is 4.79 Å². The van der Waals surface area contributed by atoms with Crippen molar-refractivity contribution in [2.75, 3.05) is 0 Å². The van der Waals surface area contributed by atoms with Gasteiger partial charge in [0.2, 0.25) is 0 Å². The van der Waals surface area contributed by atoms with Crippen LogP contribution in [0.25, 0.3) is 0 Å². The maximum absolute atomic E-state index is 11.3. The molecule has 0 bridgehead atoms. The standard InChI is InChI=1S/C11H11NO3/c1-8-10(13)12(8)11(14)15-7-9-5-3-2-4-6-9/h2-6,8H,7H2,1H3/t8-,12?/m0/s1. The van der Waals surface area contributed by atoms with E-state index in [1.807, 2.05) is 30.3 Å². The summed E-state index contributed by atoms with van der Waals surface area (Å²) >= 11 is 0. The van der Waals surface area contributed by atoms with Crippen LogP contribution in [0.1, 0.15) is 12.5 Å². The maximum atomic E-state index is 11.3. The third kappa shape index (κ3) is 1.98. The lowest BCUT2D eigenvalue weighted by Gasteiger charge is -2.03. The second-order valence-corrected chi connectivity index (χ2v) is 3.42. The zero-order valence-corrected chi connectivity index (χ0v) is 8.34. The van der Waals surface area contributed by atoms with Gasteiger partial charge >= 0.3 is 6.09 Å². The number of carbonyl (C=O) groups is 2. The number of hydrogen-bond donors (Lipinski definition) is 0. The third-order valence-electron chi connectivity index (χ3n) is 2.32. The molecule has 0 radical (unpaired) electrons. The van der Waals surface area contributed by atoms with Gasteiger partial charge in [0.25, 0.3) is 5.91 Å². The Morgan fingerprint density at radius 1 is 1.40 bits per heavy atom. The molecule has 0 spiro atoms. The highest BCUT2D eigenvalue weighted by Gasteiger charge is 2.48. The highest BCUT2D eigenvalue weighted by atomic mass is 16.6. The van der Waals surface area contributed by atoms with E-state index in [4.69, 9.17) is 4.74 Å². The average Bonchev–Trinajstić information content (AvgIpc) is 2.85. The Morgan fingerprint density at radius 2 is 2.00 bits per heavy atom. The van der Waals surface area contributed by atoms with Crippen LogP contribution in [-0.2, 0) is 16.1 Å². The second-order valence-electron chi connectivity index (χ2n) is 3.42. The molecule has 1 aliphatic heterocycles. The van der Waals surface area contributed by atoms with Crippen LogP contribution in [-0.4, -0.2) is 22.9 Å². The number of amides is 2. The van der Waals surface area contributed by atoms with E-state index < -0.39 is 6.09 Å². The van der Waals surface area contributed by atoms with Gasteiger partial charge in [-0.15, -0.1) is 0 Å². The molecule has 1 saturated heterocycles. The van der Waals surface area contributed by atoms with E-state index in [1.165, 1.54) is 0 Å². The number of nitrogens with zero attached hydrogens (tertiary/aromatic N) is 1. The highest BCUT2D eigenvalue weighted by Crippen LogP contribution is 2.20. The van der Waals surface area contributed by atoms with Gasteiger partial charge in [-0.1, -0.05) is 30.3 Å². The molecule has 1 aromatic rings. The fourth-order valence-electron chi connectivity index (χ4n) is 1.31. The molecular formula is C11H11NO3. The van der Waals surface area contributed by atoms with Crippen LogP contribution in [0, 0.1) is 0 Å². The van der Waals surface area contributed by atoms with E-state index >= 15 is 0 Å². The van der Waals surface area contributed by atoms with Gasteiger partial charge in [-0.25, -0.2) is 9.69 Å². The SMILES string of the molecule is C[C@H]1C(=O)N1C(=O)OCc1ccccc1. The number of rotatable bonds is 2. The Labute approximate surface area is 87.4 Å². The van der Waals surface area contributed by atoms with Gasteiger partial charge in [0.05, 0.1) is 0 Å². The van der Waals surface area contributed by atoms with Crippen LogP contribution in [0.5, 0.6) is 0 Å². The molecule has 2 rings (SSSR count). The molecule has 4 nitrogen and oxygen atoms in total. The van der Waals surface area contributed by atoms with Crippen molar-refractivity contribution >= 4 is 12.0 Å². The van der Waals surface area contributed by atoms with Crippen molar-refractivity contribution in [2.24, 2.45) is 0 Å². The van der Waals surface area contributed by atoms with Crippen molar-refractivity contribution in [1.82, 2.24) is 4.90 Å². The summed E-state index contributed by atoms with van der Waals surface area (Å²) in [6.45, 7) is 1.88. The molecule has 0 aliphatic carbocycles. The minimum absolute atomic E-state index is 0.173. The fraction of sp³-hybridized carbons (Fsp3) is 0.273. The largest absolute Gasteiger partial charge is 0.444 e. The summed E-state index contributed by atoms with van der Waals surface area (Å²) in [5, 5.41) is 0. The molecule has 1 aromatic carbocycles. The van der Waals surface area contributed by atoms with Crippen LogP contribution >= 0.6 is 0 Å². The van der Waals surface area contributed by atoms with Gasteiger partial charge in [0.15, 0.2) is 0 Å². The molecule has 0 unspecified atom stereocenters. The first-order chi connectivity index (χ1) is 7.20. The lowest BCUT2D eigenvalue weighted by Crippen LogP contribution is -2.14. The summed E-state index contributed by atoms with van der Waals surface area (Å²) in [5.74, 6) is -0.173. The monoisotopic (exact) mass is 205 g/mol. The molecule has 1 heterocycles. The van der Waals surface area contributed by atoms with E-state index in [9.17, 15) is 9.59 Å². The number of carbonyl (C=O) groups excluding carboxylic acids is 2. The quantitative estimate of drug-likeness (QED) is 0.688. The molecule has 15 heavy (non-hydrogen) atoms. The predicted octanol–water partition coefficient (Wildman–Crippen LogP) is 1.55. The molecule has 0 aromatic heterocycles. The molecule has 1 atom stereocenters. The Morgan fingerprint density at radius 3 is 2.53 bits per heavy atom. The Kier molecular flexibility index (Phi) is 2.41. The Hall–Kier alpha value is -1.84. The molecule has 0 saturated carbocycles. The van der Waals surface area contributed by atoms with Crippen molar-refractivity contribution in [3.8, 4) is 0 Å². The summed E-state index contributed by atoms with van der Waals surface area (Å²) in [7, 11) is 0. The molecule has 78 valence electrons. The Bertz CT molecular complexity index is 388. The fourth-order valence-corrected chi connectivity index (χ4v) is 1.31. The van der Waals surface area contributed by atoms with E-state index in [2.05, 4.69) is 0 Å². The number of ether oxygens (including phenoxy) is 1. The topological polar surface area (TPSA) is 46.4 Å². The first-order valence-corrected chi connectivity index (χ1v) is 4.74. The smallest absolute Gasteiger partial charge is 0.417 e. The number of imide groups is 1. The van der Waals surface area contributed by atoms with Gasteiger partial charge in [-0.05, 0) is 12.5 Å². The van der Waals surface area contributed by atoms with Crippen molar-refractivity contribution < 1.29 is 14.3 Å². The normalized spacial score (nSPS) is 18.9. The van der Waals surface area contributed by atoms with Crippen molar-refractivity contribution in [3.63, 3.8) is 0 Å². The summed E-state index contributed by atoms with van der Waals surface area (Å²) in [6, 6.07) is 9.04. The van der Waals surface area contributed by atoms with Crippen LogP contribution in [0.3, 0.4) is 0 Å². The highest BCUT2D eigenvalue weighted by molar-refractivity contribution is 6.09. The van der Waals surface area contributed by atoms with E-state index in [1.54, 1.807) is 6.92 Å². The zero-order chi connectivity index (χ0) is 10.8. The molecular weight excluding hydrogens is 194 g/mol.